The summed E-state index contributed by atoms with van der Waals surface area (Å²) in [5.74, 6) is 2.64. The van der Waals surface area contributed by atoms with E-state index in [1.165, 1.54) is 12.8 Å². The van der Waals surface area contributed by atoms with E-state index in [2.05, 4.69) is 236 Å². The Kier molecular flexibility index (Phi) is 25.4. The van der Waals surface area contributed by atoms with Gasteiger partial charge in [-0.3, -0.25) is 4.79 Å². The van der Waals surface area contributed by atoms with Crippen LogP contribution in [0.25, 0.3) is 0 Å². The molecule has 0 spiro atoms. The topological polar surface area (TPSA) is 54.4 Å². The third-order valence-electron chi connectivity index (χ3n) is 13.8. The second-order valence-corrected chi connectivity index (χ2v) is 18.9. The van der Waals surface area contributed by atoms with Crippen LogP contribution >= 0.6 is 0 Å². The lowest BCUT2D eigenvalue weighted by Gasteiger charge is -2.59. The minimum absolute atomic E-state index is 0.0125. The van der Waals surface area contributed by atoms with Crippen molar-refractivity contribution in [3.8, 4) is 0 Å². The lowest BCUT2D eigenvalue weighted by molar-refractivity contribution is -0.130. The fraction of sp³-hybridized carbons (Fsp3) is 0.426. The molecule has 0 heterocycles. The molecule has 0 aromatic rings. The molecule has 1 N–H and O–H groups in total. The Bertz CT molecular complexity index is 3280. The van der Waals surface area contributed by atoms with E-state index in [0.717, 1.165) is 52.9 Å². The van der Waals surface area contributed by atoms with Gasteiger partial charge in [0, 0.05) is 47.7 Å². The van der Waals surface area contributed by atoms with Crippen LogP contribution in [0.3, 0.4) is 0 Å². The fourth-order valence-electron chi connectivity index (χ4n) is 8.94. The number of aliphatic hydroxyl groups is 1. The van der Waals surface area contributed by atoms with Gasteiger partial charge in [0.1, 0.15) is 5.78 Å². The van der Waals surface area contributed by atoms with Crippen LogP contribution < -0.4 is 0 Å². The zero-order valence-corrected chi connectivity index (χ0v) is 43.7. The first-order valence-corrected chi connectivity index (χ1v) is 24.2. The average Bonchev–Trinajstić information content (AvgIpc) is 3.95. The molecule has 0 radical (unpaired) electrons. The van der Waals surface area contributed by atoms with Crippen LogP contribution in [0.5, 0.6) is 0 Å². The van der Waals surface area contributed by atoms with Gasteiger partial charge < -0.3 is 9.90 Å². The number of allylic oxidation sites excluding steroid dienone is 4. The van der Waals surface area contributed by atoms with E-state index in [9.17, 15) is 14.7 Å². The van der Waals surface area contributed by atoms with Gasteiger partial charge in [-0.15, -0.1) is 0 Å². The predicted molar refractivity (Wildman–Crippen MR) is 283 cm³/mol. The summed E-state index contributed by atoms with van der Waals surface area (Å²) in [4.78, 5) is 25.1. The van der Waals surface area contributed by atoms with E-state index in [-0.39, 0.29) is 41.2 Å². The van der Waals surface area contributed by atoms with Gasteiger partial charge >= 0.3 is 0 Å². The van der Waals surface area contributed by atoms with Crippen molar-refractivity contribution in [3.63, 3.8) is 0 Å². The summed E-state index contributed by atoms with van der Waals surface area (Å²) in [6, 6.07) is 0. The number of hydrogen-bond donors (Lipinski definition) is 1. The number of fused-ring (bicyclic) bond motifs is 5. The molecular weight excluding hydrogens is 865 g/mol. The molecule has 5 aliphatic carbocycles. The van der Waals surface area contributed by atoms with Gasteiger partial charge in [-0.1, -0.05) is 108 Å². The molecule has 8 atom stereocenters. The van der Waals surface area contributed by atoms with E-state index in [0.29, 0.717) is 37.7 Å². The van der Waals surface area contributed by atoms with Crippen molar-refractivity contribution in [2.75, 3.05) is 0 Å². The first kappa shape index (κ1) is 59.2. The first-order valence-electron chi connectivity index (χ1n) is 24.2. The van der Waals surface area contributed by atoms with Crippen LogP contribution in [-0.4, -0.2) is 22.3 Å². The lowest BCUT2D eigenvalue weighted by Crippen LogP contribution is -2.55. The van der Waals surface area contributed by atoms with Crippen LogP contribution in [0, 0.1) is 46.3 Å². The summed E-state index contributed by atoms with van der Waals surface area (Å²) in [6.07, 6.45) is 8.91. The molecule has 71 heavy (non-hydrogen) atoms. The third-order valence-corrected chi connectivity index (χ3v) is 13.8. The summed E-state index contributed by atoms with van der Waals surface area (Å²) in [7, 11) is 0. The standard InChI is InChI=1S/C48H34O3.C10H10.C5H10.C5H12/c1-7-10-13-15-16-17-18-19-20-21-22-24-26-38-36-48(51,34-29-37(4)49)47(6)33-31-42-44(45(38)47)41(28-25-14-11-8-2)40(27-23-12-9-3)43-35-39(50)30-32-46(42,43)5;1-4-6-7-8-9-10(3)5-2;1-4-3-5(4)2;1-4-5(2)3/h35,42,44-45,51H,1-3,29-34,36H2,4-6H3;1,5H2,2-3H3;4-5H,3H2,1-2H3;5H,4H2,1-3H3/t42?,44?,45?,46-,47-,48-;;;/m0.../s1. The maximum Gasteiger partial charge on any atom is 0.156 e. The highest BCUT2D eigenvalue weighted by Gasteiger charge is 2.67. The Balaban J connectivity index is 0.000000716. The highest BCUT2D eigenvalue weighted by atomic mass is 16.3. The quantitative estimate of drug-likeness (QED) is 0.280. The Morgan fingerprint density at radius 2 is 1.18 bits per heavy atom. The molecular formula is C68H66O3. The van der Waals surface area contributed by atoms with Crippen LogP contribution in [0.4, 0.5) is 0 Å². The van der Waals surface area contributed by atoms with Gasteiger partial charge in [-0.05, 0) is 239 Å². The molecule has 0 aliphatic heterocycles. The van der Waals surface area contributed by atoms with Crippen molar-refractivity contribution < 1.29 is 14.7 Å². The zero-order valence-electron chi connectivity index (χ0n) is 43.7. The van der Waals surface area contributed by atoms with E-state index in [1.54, 1.807) is 13.0 Å². The molecule has 5 aliphatic rings. The smallest absolute Gasteiger partial charge is 0.156 e. The summed E-state index contributed by atoms with van der Waals surface area (Å²) < 4.78 is 0. The molecule has 5 unspecified atom stereocenters. The summed E-state index contributed by atoms with van der Waals surface area (Å²) in [5.41, 5.74) is 75.7. The van der Waals surface area contributed by atoms with Gasteiger partial charge in [-0.25, -0.2) is 0 Å². The molecule has 3 nitrogen and oxygen atoms in total. The molecule has 5 rings (SSSR count). The number of rotatable bonds is 5. The maximum absolute atomic E-state index is 12.9. The second-order valence-electron chi connectivity index (χ2n) is 18.9. The van der Waals surface area contributed by atoms with Crippen molar-refractivity contribution >= 4 is 11.6 Å². The summed E-state index contributed by atoms with van der Waals surface area (Å²) in [6.45, 7) is 35.0. The van der Waals surface area contributed by atoms with Crippen molar-refractivity contribution in [2.24, 2.45) is 46.3 Å². The van der Waals surface area contributed by atoms with Gasteiger partial charge in [0.05, 0.1) is 5.60 Å². The molecule has 0 saturated heterocycles. The van der Waals surface area contributed by atoms with Crippen LogP contribution in [-0.2, 0) is 9.59 Å². The Hall–Kier alpha value is -7.94. The number of carbonyl (C=O) groups excluding carboxylic acids is 2. The maximum atomic E-state index is 12.9. The minimum atomic E-state index is -1.20. The fourth-order valence-corrected chi connectivity index (χ4v) is 8.94. The Morgan fingerprint density at radius 3 is 1.68 bits per heavy atom. The molecule has 4 fully saturated rings. The van der Waals surface area contributed by atoms with Crippen LogP contribution in [0.15, 0.2) is 215 Å². The average molecular weight is 931 g/mol. The molecule has 0 aromatic heterocycles. The molecule has 0 amide bonds. The highest BCUT2D eigenvalue weighted by Crippen LogP contribution is 2.71. The second kappa shape index (κ2) is 30.5. The zero-order chi connectivity index (χ0) is 52.9. The van der Waals surface area contributed by atoms with Gasteiger partial charge in [0.2, 0.25) is 0 Å². The molecule has 3 heteroatoms. The Labute approximate surface area is 424 Å². The minimum Gasteiger partial charge on any atom is -0.389 e. The molecule has 0 bridgehead atoms. The van der Waals surface area contributed by atoms with Crippen molar-refractivity contribution in [1.82, 2.24) is 0 Å². The van der Waals surface area contributed by atoms with Crippen LogP contribution in [0.2, 0.25) is 0 Å². The lowest BCUT2D eigenvalue weighted by atomic mass is 9.44. The molecule has 0 aromatic carbocycles. The Morgan fingerprint density at radius 1 is 0.718 bits per heavy atom. The third kappa shape index (κ3) is 18.1. The van der Waals surface area contributed by atoms with Crippen molar-refractivity contribution in [1.29, 1.82) is 0 Å². The number of ketones is 2. The largest absolute Gasteiger partial charge is 0.389 e. The summed E-state index contributed by atoms with van der Waals surface area (Å²) in [5, 5.41) is 12.5. The predicted octanol–water partition coefficient (Wildman–Crippen LogP) is 15.0. The number of hydrogen-bond acceptors (Lipinski definition) is 3. The van der Waals surface area contributed by atoms with Crippen molar-refractivity contribution in [2.45, 2.75) is 139 Å². The summed E-state index contributed by atoms with van der Waals surface area (Å²) >= 11 is 0. The molecule has 356 valence electrons. The van der Waals surface area contributed by atoms with Gasteiger partial charge in [-0.2, -0.15) is 0 Å². The van der Waals surface area contributed by atoms with E-state index in [4.69, 9.17) is 0 Å². The van der Waals surface area contributed by atoms with E-state index < -0.39 is 11.0 Å². The molecule has 4 saturated carbocycles. The van der Waals surface area contributed by atoms with Gasteiger partial charge in [0.25, 0.3) is 0 Å². The first-order chi connectivity index (χ1) is 33.9. The normalized spacial score (nSPS) is 24.2. The van der Waals surface area contributed by atoms with Crippen molar-refractivity contribution in [3.05, 3.63) is 215 Å². The highest BCUT2D eigenvalue weighted by molar-refractivity contribution is 5.93. The SMILES string of the molecule is C=C=C=C=C=C=C(C)CC.C=C=C=C=C=C=C=C=C=C=C=C=C=C=C1C[C@@](O)(CCC(C)=O)[C@@]2(C)CCC3C(C(=C=C=C=C=C=C)C(=C=C=C=C=C)C4=CC(=O)CC[C@]43C)C12.CC1CC1C.CCC(C)C. The van der Waals surface area contributed by atoms with E-state index in [1.807, 2.05) is 6.92 Å². The van der Waals surface area contributed by atoms with Crippen LogP contribution in [0.1, 0.15) is 133 Å². The van der Waals surface area contributed by atoms with Gasteiger partial charge in [0.15, 0.2) is 5.78 Å². The van der Waals surface area contributed by atoms with E-state index >= 15 is 0 Å². The number of carbonyl (C=O) groups is 2. The monoisotopic (exact) mass is 931 g/mol. The number of Topliss-reactive ketones (excluding diaryl/α,β-unsaturated/α-hetero) is 1.